The van der Waals surface area contributed by atoms with Gasteiger partial charge in [-0.25, -0.2) is 4.79 Å². The highest BCUT2D eigenvalue weighted by molar-refractivity contribution is 6.30. The summed E-state index contributed by atoms with van der Waals surface area (Å²) < 4.78 is 5.09. The molecule has 0 aliphatic rings. The fraction of sp³-hybridized carbons (Fsp3) is 0.167. The lowest BCUT2D eigenvalue weighted by molar-refractivity contribution is 0.0690. The monoisotopic (exact) mass is 266 g/mol. The van der Waals surface area contributed by atoms with E-state index in [-0.39, 0.29) is 5.69 Å². The summed E-state index contributed by atoms with van der Waals surface area (Å²) in [5.41, 5.74) is 2.22. The Labute approximate surface area is 108 Å². The zero-order chi connectivity index (χ0) is 13.1. The highest BCUT2D eigenvalue weighted by Gasteiger charge is 2.12. The normalized spacial score (nSPS) is 10.6. The highest BCUT2D eigenvalue weighted by atomic mass is 35.5. The van der Waals surface area contributed by atoms with Gasteiger partial charge in [-0.3, -0.25) is 5.10 Å². The molecule has 0 saturated heterocycles. The van der Waals surface area contributed by atoms with Crippen LogP contribution in [0.1, 0.15) is 16.1 Å². The third-order valence-corrected chi connectivity index (χ3v) is 2.69. The molecular formula is C12H11ClN2O3. The van der Waals surface area contributed by atoms with E-state index >= 15 is 0 Å². The number of aromatic carboxylic acids is 1. The summed E-state index contributed by atoms with van der Waals surface area (Å²) in [6.07, 6.45) is 0. The molecule has 0 radical (unpaired) electrons. The van der Waals surface area contributed by atoms with E-state index in [4.69, 9.17) is 21.4 Å². The number of carbonyl (C=O) groups is 1. The zero-order valence-electron chi connectivity index (χ0n) is 9.61. The van der Waals surface area contributed by atoms with Crippen molar-refractivity contribution in [2.24, 2.45) is 0 Å². The van der Waals surface area contributed by atoms with Crippen molar-refractivity contribution < 1.29 is 14.6 Å². The molecule has 5 nitrogen and oxygen atoms in total. The molecule has 0 atom stereocenters. The smallest absolute Gasteiger partial charge is 0.353 e. The summed E-state index contributed by atoms with van der Waals surface area (Å²) in [6, 6.07) is 6.78. The van der Waals surface area contributed by atoms with Crippen LogP contribution in [0.5, 0.6) is 0 Å². The first-order valence-electron chi connectivity index (χ1n) is 5.18. The third kappa shape index (κ3) is 2.52. The van der Waals surface area contributed by atoms with Crippen molar-refractivity contribution in [3.8, 4) is 11.3 Å². The van der Waals surface area contributed by atoms with Gasteiger partial charge in [0.05, 0.1) is 12.3 Å². The average molecular weight is 267 g/mol. The van der Waals surface area contributed by atoms with E-state index in [0.717, 1.165) is 11.1 Å². The summed E-state index contributed by atoms with van der Waals surface area (Å²) in [4.78, 5) is 10.8. The quantitative estimate of drug-likeness (QED) is 0.892. The van der Waals surface area contributed by atoms with Gasteiger partial charge in [-0.05, 0) is 23.8 Å². The van der Waals surface area contributed by atoms with E-state index in [2.05, 4.69) is 10.2 Å². The third-order valence-electron chi connectivity index (χ3n) is 2.46. The maximum Gasteiger partial charge on any atom is 0.353 e. The Morgan fingerprint density at radius 3 is 2.89 bits per heavy atom. The molecule has 0 amide bonds. The molecule has 0 spiro atoms. The zero-order valence-corrected chi connectivity index (χ0v) is 10.4. The standard InChI is InChI=1S/C12H11ClN2O3/c1-18-6-7-2-3-8(13)4-9(7)10-5-11(12(16)17)15-14-10/h2-5H,6H2,1H3,(H,14,15)(H,16,17). The minimum absolute atomic E-state index is 0.0355. The van der Waals surface area contributed by atoms with Gasteiger partial charge in [0, 0.05) is 17.7 Å². The second kappa shape index (κ2) is 5.20. The number of hydrogen-bond acceptors (Lipinski definition) is 3. The predicted octanol–water partition coefficient (Wildman–Crippen LogP) is 2.57. The van der Waals surface area contributed by atoms with E-state index in [9.17, 15) is 4.79 Å². The van der Waals surface area contributed by atoms with Crippen LogP contribution >= 0.6 is 11.6 Å². The summed E-state index contributed by atoms with van der Waals surface area (Å²) in [5.74, 6) is -1.05. The predicted molar refractivity (Wildman–Crippen MR) is 66.7 cm³/mol. The molecule has 6 heteroatoms. The van der Waals surface area contributed by atoms with E-state index in [1.165, 1.54) is 6.07 Å². The lowest BCUT2D eigenvalue weighted by atomic mass is 10.0. The SMILES string of the molecule is COCc1ccc(Cl)cc1-c1cc(C(=O)O)[nH]n1. The number of carboxylic acid groups (broad SMARTS) is 1. The molecule has 1 aromatic carbocycles. The number of carboxylic acids is 1. The molecule has 2 rings (SSSR count). The Hall–Kier alpha value is -1.85. The number of hydrogen-bond donors (Lipinski definition) is 2. The molecule has 0 aliphatic carbocycles. The number of nitrogens with zero attached hydrogens (tertiary/aromatic N) is 1. The summed E-state index contributed by atoms with van der Waals surface area (Å²) in [6.45, 7) is 0.405. The molecule has 0 saturated carbocycles. The van der Waals surface area contributed by atoms with Crippen LogP contribution in [0.4, 0.5) is 0 Å². The van der Waals surface area contributed by atoms with Crippen molar-refractivity contribution >= 4 is 17.6 Å². The summed E-state index contributed by atoms with van der Waals surface area (Å²) >= 11 is 5.94. The van der Waals surface area contributed by atoms with Crippen molar-refractivity contribution in [3.63, 3.8) is 0 Å². The average Bonchev–Trinajstić information content (AvgIpc) is 2.81. The topological polar surface area (TPSA) is 75.2 Å². The molecule has 94 valence electrons. The number of aromatic nitrogens is 2. The van der Waals surface area contributed by atoms with Crippen LogP contribution < -0.4 is 0 Å². The Morgan fingerprint density at radius 1 is 1.50 bits per heavy atom. The Morgan fingerprint density at radius 2 is 2.28 bits per heavy atom. The van der Waals surface area contributed by atoms with Gasteiger partial charge in [-0.1, -0.05) is 17.7 Å². The first-order valence-corrected chi connectivity index (χ1v) is 5.56. The van der Waals surface area contributed by atoms with Gasteiger partial charge in [-0.2, -0.15) is 5.10 Å². The lowest BCUT2D eigenvalue weighted by Gasteiger charge is -2.06. The lowest BCUT2D eigenvalue weighted by Crippen LogP contribution is -1.95. The second-order valence-electron chi connectivity index (χ2n) is 3.71. The number of benzene rings is 1. The second-order valence-corrected chi connectivity index (χ2v) is 4.14. The van der Waals surface area contributed by atoms with E-state index in [1.807, 2.05) is 6.07 Å². The van der Waals surface area contributed by atoms with Crippen LogP contribution in [0.25, 0.3) is 11.3 Å². The Balaban J connectivity index is 2.47. The maximum absolute atomic E-state index is 10.8. The van der Waals surface area contributed by atoms with Gasteiger partial charge in [0.25, 0.3) is 0 Å². The first-order chi connectivity index (χ1) is 8.61. The molecule has 2 N–H and O–H groups in total. The van der Waals surface area contributed by atoms with Gasteiger partial charge in [-0.15, -0.1) is 0 Å². The number of aromatic amines is 1. The van der Waals surface area contributed by atoms with Crippen molar-refractivity contribution in [3.05, 3.63) is 40.5 Å². The Kier molecular flexibility index (Phi) is 3.64. The molecule has 1 aromatic heterocycles. The van der Waals surface area contributed by atoms with Crippen LogP contribution in [0, 0.1) is 0 Å². The van der Waals surface area contributed by atoms with Gasteiger partial charge in [0.2, 0.25) is 0 Å². The van der Waals surface area contributed by atoms with Crippen molar-refractivity contribution in [1.82, 2.24) is 10.2 Å². The number of H-pyrrole nitrogens is 1. The first kappa shape index (κ1) is 12.6. The van der Waals surface area contributed by atoms with Gasteiger partial charge in [0.1, 0.15) is 5.69 Å². The largest absolute Gasteiger partial charge is 0.477 e. The fourth-order valence-corrected chi connectivity index (χ4v) is 1.81. The fourth-order valence-electron chi connectivity index (χ4n) is 1.64. The highest BCUT2D eigenvalue weighted by Crippen LogP contribution is 2.26. The van der Waals surface area contributed by atoms with Crippen LogP contribution in [0.2, 0.25) is 5.02 Å². The minimum Gasteiger partial charge on any atom is -0.477 e. The minimum atomic E-state index is -1.05. The number of halogens is 1. The van der Waals surface area contributed by atoms with Crippen molar-refractivity contribution in [1.29, 1.82) is 0 Å². The maximum atomic E-state index is 10.8. The number of rotatable bonds is 4. The van der Waals surface area contributed by atoms with Crippen molar-refractivity contribution in [2.45, 2.75) is 6.61 Å². The van der Waals surface area contributed by atoms with Crippen LogP contribution in [-0.4, -0.2) is 28.4 Å². The number of nitrogens with one attached hydrogen (secondary N) is 1. The number of ether oxygens (including phenoxy) is 1. The number of methoxy groups -OCH3 is 1. The molecule has 2 aromatic rings. The van der Waals surface area contributed by atoms with Crippen LogP contribution in [0.15, 0.2) is 24.3 Å². The molecule has 0 aliphatic heterocycles. The molecule has 0 fully saturated rings. The molecule has 18 heavy (non-hydrogen) atoms. The van der Waals surface area contributed by atoms with Crippen molar-refractivity contribution in [2.75, 3.05) is 7.11 Å². The molecule has 1 heterocycles. The van der Waals surface area contributed by atoms with E-state index in [0.29, 0.717) is 17.3 Å². The molecular weight excluding hydrogens is 256 g/mol. The molecule has 0 bridgehead atoms. The van der Waals surface area contributed by atoms with Gasteiger partial charge >= 0.3 is 5.97 Å². The summed E-state index contributed by atoms with van der Waals surface area (Å²) in [7, 11) is 1.59. The Bertz CT molecular complexity index is 580. The van der Waals surface area contributed by atoms with Crippen LogP contribution in [0.3, 0.4) is 0 Å². The van der Waals surface area contributed by atoms with Crippen LogP contribution in [-0.2, 0) is 11.3 Å². The van der Waals surface area contributed by atoms with Gasteiger partial charge < -0.3 is 9.84 Å². The summed E-state index contributed by atoms with van der Waals surface area (Å²) in [5, 5.41) is 15.8. The van der Waals surface area contributed by atoms with E-state index < -0.39 is 5.97 Å². The van der Waals surface area contributed by atoms with E-state index in [1.54, 1.807) is 19.2 Å². The molecule has 0 unspecified atom stereocenters. The van der Waals surface area contributed by atoms with Gasteiger partial charge in [0.15, 0.2) is 0 Å².